The number of imidazole rings is 1. The molecule has 3 aromatic rings. The van der Waals surface area contributed by atoms with Crippen LogP contribution in [0.25, 0.3) is 5.65 Å². The molecule has 3 rings (SSSR count). The van der Waals surface area contributed by atoms with E-state index in [1.165, 1.54) is 0 Å². The van der Waals surface area contributed by atoms with Gasteiger partial charge in [-0.05, 0) is 30.7 Å². The van der Waals surface area contributed by atoms with E-state index in [1.54, 1.807) is 24.3 Å². The number of amides is 1. The minimum Gasteiger partial charge on any atom is -0.487 e. The van der Waals surface area contributed by atoms with E-state index in [9.17, 15) is 13.2 Å². The number of nitrogens with zero attached hydrogens (tertiary/aromatic N) is 2. The van der Waals surface area contributed by atoms with Crippen molar-refractivity contribution in [1.29, 1.82) is 0 Å². The Labute approximate surface area is 170 Å². The fraction of sp³-hybridized carbons (Fsp3) is 0.333. The molecule has 0 bridgehead atoms. The van der Waals surface area contributed by atoms with Crippen LogP contribution in [0.4, 0.5) is 5.69 Å². The van der Waals surface area contributed by atoms with E-state index in [4.69, 9.17) is 4.74 Å². The number of aromatic nitrogens is 2. The fourth-order valence-electron chi connectivity index (χ4n) is 2.92. The molecule has 0 saturated heterocycles. The summed E-state index contributed by atoms with van der Waals surface area (Å²) in [5.74, 6) is -0.455. The first-order valence-electron chi connectivity index (χ1n) is 9.61. The summed E-state index contributed by atoms with van der Waals surface area (Å²) < 4.78 is 31.7. The van der Waals surface area contributed by atoms with Crippen LogP contribution < -0.4 is 10.1 Å². The van der Waals surface area contributed by atoms with Gasteiger partial charge >= 0.3 is 0 Å². The van der Waals surface area contributed by atoms with Crippen molar-refractivity contribution < 1.29 is 17.9 Å². The van der Waals surface area contributed by atoms with Gasteiger partial charge in [-0.1, -0.05) is 31.9 Å². The molecule has 0 atom stereocenters. The molecule has 0 aliphatic heterocycles. The lowest BCUT2D eigenvalue weighted by Crippen LogP contribution is -2.24. The topological polar surface area (TPSA) is 89.8 Å². The number of unbranched alkanes of at least 4 members (excludes halogenated alkanes) is 2. The molecular weight excluding hydrogens is 390 g/mol. The van der Waals surface area contributed by atoms with Crippen LogP contribution in [0.2, 0.25) is 0 Å². The molecule has 1 N–H and O–H groups in total. The van der Waals surface area contributed by atoms with Crippen LogP contribution in [0, 0.1) is 0 Å². The van der Waals surface area contributed by atoms with E-state index >= 15 is 0 Å². The van der Waals surface area contributed by atoms with Crippen LogP contribution in [-0.2, 0) is 21.2 Å². The number of nitrogens with one attached hydrogen (secondary N) is 1. The predicted molar refractivity (Wildman–Crippen MR) is 113 cm³/mol. The first-order chi connectivity index (χ1) is 13.9. The van der Waals surface area contributed by atoms with Gasteiger partial charge in [-0.25, -0.2) is 13.4 Å². The number of ether oxygens (including phenoxy) is 1. The molecule has 2 heterocycles. The summed E-state index contributed by atoms with van der Waals surface area (Å²) in [6.45, 7) is 2.29. The van der Waals surface area contributed by atoms with Gasteiger partial charge in [0.05, 0.1) is 11.4 Å². The molecule has 0 saturated carbocycles. The number of pyridine rings is 1. The summed E-state index contributed by atoms with van der Waals surface area (Å²) in [5.41, 5.74) is 2.11. The van der Waals surface area contributed by atoms with Gasteiger partial charge in [0, 0.05) is 24.1 Å². The highest BCUT2D eigenvalue weighted by molar-refractivity contribution is 7.92. The summed E-state index contributed by atoms with van der Waals surface area (Å²) in [5, 5.41) is 2.63. The van der Waals surface area contributed by atoms with Crippen LogP contribution >= 0.6 is 0 Å². The number of rotatable bonds is 10. The second kappa shape index (κ2) is 9.56. The molecule has 0 aliphatic carbocycles. The van der Waals surface area contributed by atoms with E-state index < -0.39 is 21.5 Å². The maximum atomic E-state index is 12.1. The Morgan fingerprint density at radius 3 is 2.83 bits per heavy atom. The normalized spacial score (nSPS) is 11.5. The Balaban J connectivity index is 1.55. The molecule has 0 spiro atoms. The Morgan fingerprint density at radius 2 is 2.03 bits per heavy atom. The van der Waals surface area contributed by atoms with Gasteiger partial charge < -0.3 is 14.5 Å². The van der Waals surface area contributed by atoms with Crippen LogP contribution in [0.5, 0.6) is 5.75 Å². The number of benzene rings is 1. The van der Waals surface area contributed by atoms with Crippen LogP contribution in [0.1, 0.15) is 31.9 Å². The number of anilines is 1. The molecule has 1 aromatic carbocycles. The van der Waals surface area contributed by atoms with Gasteiger partial charge in [0.25, 0.3) is 0 Å². The van der Waals surface area contributed by atoms with Crippen molar-refractivity contribution in [2.24, 2.45) is 0 Å². The lowest BCUT2D eigenvalue weighted by Gasteiger charge is -2.09. The average molecular weight is 416 g/mol. The Morgan fingerprint density at radius 1 is 1.17 bits per heavy atom. The molecule has 0 unspecified atom stereocenters. The molecular formula is C21H25N3O4S. The van der Waals surface area contributed by atoms with Crippen LogP contribution in [-0.4, -0.2) is 35.2 Å². The van der Waals surface area contributed by atoms with Crippen LogP contribution in [0.3, 0.4) is 0 Å². The smallest absolute Gasteiger partial charge is 0.239 e. The van der Waals surface area contributed by atoms with Crippen molar-refractivity contribution in [3.8, 4) is 5.75 Å². The zero-order valence-electron chi connectivity index (χ0n) is 16.4. The molecule has 1 amide bonds. The Hall–Kier alpha value is -2.87. The molecule has 154 valence electrons. The van der Waals surface area contributed by atoms with Crippen molar-refractivity contribution in [2.75, 3.05) is 16.8 Å². The summed E-state index contributed by atoms with van der Waals surface area (Å²) in [4.78, 5) is 16.6. The highest BCUT2D eigenvalue weighted by atomic mass is 32.2. The summed E-state index contributed by atoms with van der Waals surface area (Å²) >= 11 is 0. The third kappa shape index (κ3) is 6.32. The van der Waals surface area contributed by atoms with Gasteiger partial charge in [0.15, 0.2) is 9.84 Å². The van der Waals surface area contributed by atoms with Gasteiger partial charge in [-0.3, -0.25) is 4.79 Å². The van der Waals surface area contributed by atoms with Gasteiger partial charge in [-0.15, -0.1) is 0 Å². The fourth-order valence-corrected chi connectivity index (χ4v) is 4.18. The van der Waals surface area contributed by atoms with Crippen LogP contribution in [0.15, 0.2) is 54.9 Å². The van der Waals surface area contributed by atoms with Gasteiger partial charge in [-0.2, -0.15) is 0 Å². The van der Waals surface area contributed by atoms with Crippen molar-refractivity contribution in [1.82, 2.24) is 9.38 Å². The number of hydrogen-bond donors (Lipinski definition) is 1. The third-order valence-electron chi connectivity index (χ3n) is 4.33. The van der Waals surface area contributed by atoms with E-state index in [2.05, 4.69) is 10.3 Å². The maximum Gasteiger partial charge on any atom is 0.239 e. The summed E-state index contributed by atoms with van der Waals surface area (Å²) in [6, 6.07) is 12.6. The van der Waals surface area contributed by atoms with E-state index in [0.717, 1.165) is 24.2 Å². The quantitative estimate of drug-likeness (QED) is 0.512. The molecule has 0 fully saturated rings. The van der Waals surface area contributed by atoms with Crippen molar-refractivity contribution >= 4 is 27.1 Å². The van der Waals surface area contributed by atoms with Gasteiger partial charge in [0.2, 0.25) is 5.91 Å². The molecule has 7 nitrogen and oxygen atoms in total. The van der Waals surface area contributed by atoms with Gasteiger partial charge in [0.1, 0.15) is 23.8 Å². The number of fused-ring (bicyclic) bond motifs is 1. The minimum atomic E-state index is -3.40. The third-order valence-corrected chi connectivity index (χ3v) is 5.94. The first kappa shape index (κ1) is 20.9. The average Bonchev–Trinajstić information content (AvgIpc) is 3.09. The highest BCUT2D eigenvalue weighted by Crippen LogP contribution is 2.19. The Kier molecular flexibility index (Phi) is 6.87. The first-order valence-corrected chi connectivity index (χ1v) is 11.4. The zero-order chi connectivity index (χ0) is 20.7. The molecule has 29 heavy (non-hydrogen) atoms. The summed E-state index contributed by atoms with van der Waals surface area (Å²) in [7, 11) is -3.40. The molecule has 0 radical (unpaired) electrons. The maximum absolute atomic E-state index is 12.1. The zero-order valence-corrected chi connectivity index (χ0v) is 17.2. The van der Waals surface area contributed by atoms with Crippen molar-refractivity contribution in [2.45, 2.75) is 32.8 Å². The SMILES string of the molecule is CCCCCS(=O)(=O)CC(=O)Nc1cccc(OCc2cn3ccccc3n2)c1. The summed E-state index contributed by atoms with van der Waals surface area (Å²) in [6.07, 6.45) is 6.16. The Bertz CT molecular complexity index is 1040. The standard InChI is InChI=1S/C21H25N3O4S/c1-2-3-6-12-29(26,27)16-21(25)23-17-8-7-9-19(13-17)28-15-18-14-24-11-5-4-10-20(24)22-18/h4-5,7-11,13-14H,2-3,6,12,15-16H2,1H3,(H,23,25). The monoisotopic (exact) mass is 415 g/mol. The molecule has 2 aromatic heterocycles. The second-order valence-electron chi connectivity index (χ2n) is 6.86. The van der Waals surface area contributed by atoms with E-state index in [-0.39, 0.29) is 12.4 Å². The largest absolute Gasteiger partial charge is 0.487 e. The van der Waals surface area contributed by atoms with E-state index in [0.29, 0.717) is 17.9 Å². The van der Waals surface area contributed by atoms with Crippen molar-refractivity contribution in [3.05, 3.63) is 60.6 Å². The molecule has 8 heteroatoms. The number of carbonyl (C=O) groups excluding carboxylic acids is 1. The molecule has 0 aliphatic rings. The highest BCUT2D eigenvalue weighted by Gasteiger charge is 2.16. The number of carbonyl (C=O) groups is 1. The number of sulfone groups is 1. The predicted octanol–water partition coefficient (Wildman–Crippen LogP) is 3.46. The lowest BCUT2D eigenvalue weighted by atomic mass is 10.3. The minimum absolute atomic E-state index is 0.0381. The second-order valence-corrected chi connectivity index (χ2v) is 9.05. The van der Waals surface area contributed by atoms with Crippen molar-refractivity contribution in [3.63, 3.8) is 0 Å². The number of hydrogen-bond acceptors (Lipinski definition) is 5. The van der Waals surface area contributed by atoms with E-state index in [1.807, 2.05) is 41.9 Å². The lowest BCUT2D eigenvalue weighted by molar-refractivity contribution is -0.113.